The maximum absolute atomic E-state index is 2.39. The summed E-state index contributed by atoms with van der Waals surface area (Å²) in [6.07, 6.45) is 0. The molecule has 0 amide bonds. The Morgan fingerprint density at radius 3 is 1.44 bits per heavy atom. The molecule has 258 valence electrons. The third-order valence-electron chi connectivity index (χ3n) is 10.8. The fourth-order valence-electron chi connectivity index (χ4n) is 8.10. The van der Waals surface area contributed by atoms with Gasteiger partial charge in [-0.15, -0.1) is 0 Å². The van der Waals surface area contributed by atoms with E-state index in [2.05, 4.69) is 229 Å². The van der Waals surface area contributed by atoms with E-state index in [1.807, 2.05) is 0 Å². The van der Waals surface area contributed by atoms with E-state index < -0.39 is 0 Å². The normalized spacial score (nSPS) is 11.3. The fourth-order valence-corrected chi connectivity index (χ4v) is 8.10. The number of hydrogen-bond acceptors (Lipinski definition) is 1. The quantitative estimate of drug-likeness (QED) is 0.150. The Labute approximate surface area is 322 Å². The molecule has 0 aliphatic rings. The lowest BCUT2D eigenvalue weighted by molar-refractivity contribution is 1.29. The minimum absolute atomic E-state index is 1.10. The molecule has 0 saturated carbocycles. The molecule has 0 radical (unpaired) electrons. The van der Waals surface area contributed by atoms with Gasteiger partial charge in [-0.25, -0.2) is 0 Å². The summed E-state index contributed by atoms with van der Waals surface area (Å²) >= 11 is 0. The molecule has 1 heteroatoms. The summed E-state index contributed by atoms with van der Waals surface area (Å²) in [6.45, 7) is 0. The van der Waals surface area contributed by atoms with Crippen molar-refractivity contribution in [2.24, 2.45) is 0 Å². The van der Waals surface area contributed by atoms with Crippen molar-refractivity contribution >= 4 is 49.4 Å². The molecule has 0 spiro atoms. The molecule has 0 saturated heterocycles. The minimum atomic E-state index is 1.10. The van der Waals surface area contributed by atoms with Crippen molar-refractivity contribution in [2.75, 3.05) is 4.90 Å². The van der Waals surface area contributed by atoms with Gasteiger partial charge in [-0.3, -0.25) is 0 Å². The largest absolute Gasteiger partial charge is 0.310 e. The molecule has 10 aromatic carbocycles. The van der Waals surface area contributed by atoms with E-state index in [9.17, 15) is 0 Å². The predicted molar refractivity (Wildman–Crippen MR) is 235 cm³/mol. The summed E-state index contributed by atoms with van der Waals surface area (Å²) in [5.74, 6) is 0. The van der Waals surface area contributed by atoms with Gasteiger partial charge >= 0.3 is 0 Å². The van der Waals surface area contributed by atoms with Gasteiger partial charge in [0.2, 0.25) is 0 Å². The zero-order valence-corrected chi connectivity index (χ0v) is 30.3. The highest BCUT2D eigenvalue weighted by Gasteiger charge is 2.18. The summed E-state index contributed by atoms with van der Waals surface area (Å²) in [5.41, 5.74) is 13.0. The summed E-state index contributed by atoms with van der Waals surface area (Å²) in [7, 11) is 0. The number of nitrogens with zero attached hydrogens (tertiary/aromatic N) is 1. The van der Waals surface area contributed by atoms with E-state index in [1.54, 1.807) is 0 Å². The highest BCUT2D eigenvalue weighted by molar-refractivity contribution is 6.13. The van der Waals surface area contributed by atoms with Gasteiger partial charge in [0.1, 0.15) is 0 Å². The molecule has 10 aromatic rings. The highest BCUT2D eigenvalue weighted by atomic mass is 15.1. The lowest BCUT2D eigenvalue weighted by Gasteiger charge is -2.27. The average Bonchev–Trinajstić information content (AvgIpc) is 3.27. The monoisotopic (exact) mass is 699 g/mol. The second-order valence-corrected chi connectivity index (χ2v) is 14.1. The third kappa shape index (κ3) is 6.12. The highest BCUT2D eigenvalue weighted by Crippen LogP contribution is 2.43. The molecule has 1 nitrogen and oxygen atoms in total. The van der Waals surface area contributed by atoms with Gasteiger partial charge in [-0.2, -0.15) is 0 Å². The summed E-state index contributed by atoms with van der Waals surface area (Å²) in [5, 5.41) is 7.51. The van der Waals surface area contributed by atoms with Crippen molar-refractivity contribution in [3.05, 3.63) is 224 Å². The van der Waals surface area contributed by atoms with Gasteiger partial charge in [0, 0.05) is 17.1 Å². The topological polar surface area (TPSA) is 3.24 Å². The van der Waals surface area contributed by atoms with Crippen LogP contribution in [0.4, 0.5) is 17.1 Å². The average molecular weight is 700 g/mol. The number of fused-ring (bicyclic) bond motifs is 4. The summed E-state index contributed by atoms with van der Waals surface area (Å²) in [6, 6.07) is 81.5. The molecule has 0 unspecified atom stereocenters. The Morgan fingerprint density at radius 1 is 0.218 bits per heavy atom. The van der Waals surface area contributed by atoms with Crippen LogP contribution in [0, 0.1) is 0 Å². The van der Waals surface area contributed by atoms with Crippen LogP contribution in [0.1, 0.15) is 0 Å². The molecule has 0 aliphatic heterocycles. The molecule has 55 heavy (non-hydrogen) atoms. The van der Waals surface area contributed by atoms with Crippen LogP contribution in [0.5, 0.6) is 0 Å². The van der Waals surface area contributed by atoms with Gasteiger partial charge in [0.25, 0.3) is 0 Å². The van der Waals surface area contributed by atoms with Gasteiger partial charge in [0.15, 0.2) is 0 Å². The Bertz CT molecular complexity index is 2950. The number of rotatable bonds is 7. The van der Waals surface area contributed by atoms with Crippen molar-refractivity contribution in [2.45, 2.75) is 0 Å². The maximum Gasteiger partial charge on any atom is 0.0468 e. The van der Waals surface area contributed by atoms with Crippen LogP contribution >= 0.6 is 0 Å². The Hall–Kier alpha value is -7.22. The van der Waals surface area contributed by atoms with E-state index in [0.29, 0.717) is 0 Å². The van der Waals surface area contributed by atoms with E-state index in [4.69, 9.17) is 0 Å². The van der Waals surface area contributed by atoms with Crippen molar-refractivity contribution < 1.29 is 0 Å². The molecular formula is C54H37N. The van der Waals surface area contributed by atoms with Crippen LogP contribution in [-0.4, -0.2) is 0 Å². The number of hydrogen-bond donors (Lipinski definition) is 0. The van der Waals surface area contributed by atoms with E-state index >= 15 is 0 Å². The van der Waals surface area contributed by atoms with Crippen molar-refractivity contribution in [3.63, 3.8) is 0 Å². The maximum atomic E-state index is 2.39. The Balaban J connectivity index is 1.12. The number of benzene rings is 10. The van der Waals surface area contributed by atoms with Gasteiger partial charge < -0.3 is 4.90 Å². The molecule has 0 aliphatic carbocycles. The zero-order valence-electron chi connectivity index (χ0n) is 30.3. The molecule has 0 heterocycles. The molecular weight excluding hydrogens is 663 g/mol. The fraction of sp³-hybridized carbons (Fsp3) is 0. The lowest BCUT2D eigenvalue weighted by Crippen LogP contribution is -2.10. The molecule has 0 atom stereocenters. The predicted octanol–water partition coefficient (Wildman–Crippen LogP) is 15.3. The smallest absolute Gasteiger partial charge is 0.0468 e. The second-order valence-electron chi connectivity index (χ2n) is 14.1. The van der Waals surface area contributed by atoms with Gasteiger partial charge in [0.05, 0.1) is 0 Å². The van der Waals surface area contributed by atoms with Gasteiger partial charge in [-0.05, 0) is 119 Å². The standard InChI is InChI=1S/C54H37N/c1-3-13-38(14-4-1)40-23-25-42(26-24-40)50-34-33-48(37-54(50)41-16-5-2-6-17-41)55(47-32-27-39-15-7-8-18-44(39)35-47)46-30-28-43(29-31-46)53-36-45-19-9-10-20-49(45)51-21-11-12-22-52(51)53/h1-37H. The first-order chi connectivity index (χ1) is 27.3. The van der Waals surface area contributed by atoms with Crippen molar-refractivity contribution in [3.8, 4) is 44.5 Å². The lowest BCUT2D eigenvalue weighted by atomic mass is 9.92. The van der Waals surface area contributed by atoms with E-state index in [1.165, 1.54) is 76.8 Å². The third-order valence-corrected chi connectivity index (χ3v) is 10.8. The van der Waals surface area contributed by atoms with Crippen LogP contribution in [-0.2, 0) is 0 Å². The van der Waals surface area contributed by atoms with E-state index in [-0.39, 0.29) is 0 Å². The van der Waals surface area contributed by atoms with E-state index in [0.717, 1.165) is 17.1 Å². The summed E-state index contributed by atoms with van der Waals surface area (Å²) < 4.78 is 0. The first kappa shape index (κ1) is 32.4. The molecule has 0 N–H and O–H groups in total. The van der Waals surface area contributed by atoms with Crippen LogP contribution in [0.15, 0.2) is 224 Å². The summed E-state index contributed by atoms with van der Waals surface area (Å²) in [4.78, 5) is 2.39. The first-order valence-electron chi connectivity index (χ1n) is 18.9. The van der Waals surface area contributed by atoms with Crippen molar-refractivity contribution in [1.29, 1.82) is 0 Å². The minimum Gasteiger partial charge on any atom is -0.310 e. The molecule has 0 aromatic heterocycles. The Morgan fingerprint density at radius 2 is 0.691 bits per heavy atom. The van der Waals surface area contributed by atoms with Gasteiger partial charge in [-0.1, -0.05) is 182 Å². The molecule has 0 fully saturated rings. The first-order valence-corrected chi connectivity index (χ1v) is 18.9. The SMILES string of the molecule is c1ccc(-c2ccc(-c3ccc(N(c4ccc(-c5cc6ccccc6c6ccccc56)cc4)c4ccc5ccccc5c4)cc3-c3ccccc3)cc2)cc1. The van der Waals surface area contributed by atoms with Crippen LogP contribution in [0.3, 0.4) is 0 Å². The van der Waals surface area contributed by atoms with Crippen LogP contribution in [0.25, 0.3) is 76.8 Å². The number of anilines is 3. The molecule has 0 bridgehead atoms. The zero-order chi connectivity index (χ0) is 36.6. The van der Waals surface area contributed by atoms with Crippen LogP contribution < -0.4 is 4.90 Å². The Kier molecular flexibility index (Phi) is 8.24. The van der Waals surface area contributed by atoms with Crippen molar-refractivity contribution in [1.82, 2.24) is 0 Å². The molecule has 10 rings (SSSR count). The second kappa shape index (κ2) is 14.0. The van der Waals surface area contributed by atoms with Crippen LogP contribution in [0.2, 0.25) is 0 Å².